The molecule has 1 N–H and O–H groups in total. The fraction of sp³-hybridized carbons (Fsp3) is 0.405. The molecule has 2 aliphatic rings. The molecular formula is C37H40Cl4N2O7. The van der Waals surface area contributed by atoms with Crippen LogP contribution < -0.4 is 9.47 Å². The minimum Gasteiger partial charge on any atom is -0.490 e. The van der Waals surface area contributed by atoms with E-state index in [2.05, 4.69) is 0 Å². The normalized spacial score (nSPS) is 16.3. The van der Waals surface area contributed by atoms with Gasteiger partial charge >= 0.3 is 6.09 Å². The first-order chi connectivity index (χ1) is 23.9. The number of hydrogen-bond acceptors (Lipinski definition) is 7. The lowest BCUT2D eigenvalue weighted by molar-refractivity contribution is -0.129. The highest BCUT2D eigenvalue weighted by molar-refractivity contribution is 6.42. The molecule has 1 aliphatic heterocycles. The van der Waals surface area contributed by atoms with Gasteiger partial charge in [0.15, 0.2) is 5.75 Å². The molecule has 9 nitrogen and oxygen atoms in total. The van der Waals surface area contributed by atoms with Crippen molar-refractivity contribution in [3.05, 3.63) is 97.5 Å². The van der Waals surface area contributed by atoms with E-state index in [4.69, 9.17) is 65.4 Å². The molecule has 5 rings (SSSR count). The molecule has 0 bridgehead atoms. The van der Waals surface area contributed by atoms with Gasteiger partial charge in [0.2, 0.25) is 0 Å². The maximum Gasteiger partial charge on any atom is 0.410 e. The molecule has 1 aliphatic carbocycles. The molecule has 1 saturated carbocycles. The predicted octanol–water partition coefficient (Wildman–Crippen LogP) is 8.68. The van der Waals surface area contributed by atoms with Gasteiger partial charge in [-0.1, -0.05) is 76.7 Å². The molecular weight excluding hydrogens is 726 g/mol. The largest absolute Gasteiger partial charge is 0.490 e. The average Bonchev–Trinajstić information content (AvgIpc) is 3.92. The number of carbonyl (C=O) groups excluding carboxylic acids is 2. The number of carbonyl (C=O) groups is 2. The summed E-state index contributed by atoms with van der Waals surface area (Å²) in [5, 5.41) is 11.3. The van der Waals surface area contributed by atoms with Crippen LogP contribution in [0.4, 0.5) is 4.79 Å². The van der Waals surface area contributed by atoms with Crippen molar-refractivity contribution in [3.63, 3.8) is 0 Å². The molecule has 1 fully saturated rings. The minimum absolute atomic E-state index is 0.0127. The Morgan fingerprint density at radius 1 is 0.900 bits per heavy atom. The lowest BCUT2D eigenvalue weighted by Crippen LogP contribution is -2.52. The molecule has 0 radical (unpaired) electrons. The second-order valence-electron chi connectivity index (χ2n) is 13.0. The van der Waals surface area contributed by atoms with Crippen molar-refractivity contribution in [3.8, 4) is 11.5 Å². The Balaban J connectivity index is 1.46. The zero-order valence-corrected chi connectivity index (χ0v) is 31.1. The van der Waals surface area contributed by atoms with Gasteiger partial charge in [0.05, 0.1) is 32.7 Å². The number of para-hydroxylation sites is 1. The van der Waals surface area contributed by atoms with Crippen LogP contribution in [0.3, 0.4) is 0 Å². The number of ether oxygens (including phenoxy) is 4. The zero-order valence-electron chi connectivity index (χ0n) is 28.1. The lowest BCUT2D eigenvalue weighted by Gasteiger charge is -2.40. The van der Waals surface area contributed by atoms with Crippen LogP contribution in [0.5, 0.6) is 11.5 Å². The Hall–Kier alpha value is -3.18. The zero-order chi connectivity index (χ0) is 36.0. The van der Waals surface area contributed by atoms with Crippen LogP contribution >= 0.6 is 46.4 Å². The van der Waals surface area contributed by atoms with Gasteiger partial charge in [-0.3, -0.25) is 9.69 Å². The van der Waals surface area contributed by atoms with E-state index >= 15 is 0 Å². The van der Waals surface area contributed by atoms with E-state index in [-0.39, 0.29) is 44.9 Å². The molecule has 13 heteroatoms. The third-order valence-corrected chi connectivity index (χ3v) is 9.66. The number of hydrogen-bond donors (Lipinski definition) is 1. The standard InChI is InChI=1S/C37H40Cl4N2O7/c1-37(2,3)50-36(46)42-17-16-27(23-10-14-26(15-11-23)48-18-19-49-34-29(39)8-5-9-30(34)40)32(31(42)21-47-22-44)35(45)43(25-12-13-25)20-24-6-4-7-28(38)33(24)41/h4-11,14-15,25,31,44H,12-13,16-22H2,1-3H3/t31-/m1/s1. The molecule has 0 unspecified atom stereocenters. The summed E-state index contributed by atoms with van der Waals surface area (Å²) in [6.45, 7) is 5.60. The summed E-state index contributed by atoms with van der Waals surface area (Å²) in [5.41, 5.74) is 1.88. The summed E-state index contributed by atoms with van der Waals surface area (Å²) >= 11 is 25.3. The second kappa shape index (κ2) is 16.9. The van der Waals surface area contributed by atoms with Crippen LogP contribution in [0.2, 0.25) is 20.1 Å². The second-order valence-corrected chi connectivity index (χ2v) is 14.6. The van der Waals surface area contributed by atoms with E-state index in [1.807, 2.05) is 30.3 Å². The van der Waals surface area contributed by atoms with Gasteiger partial charge in [0.1, 0.15) is 31.4 Å². The Labute approximate surface area is 312 Å². The van der Waals surface area contributed by atoms with Gasteiger partial charge in [0.25, 0.3) is 5.91 Å². The molecule has 0 saturated heterocycles. The Bertz CT molecular complexity index is 1690. The summed E-state index contributed by atoms with van der Waals surface area (Å²) < 4.78 is 22.9. The third kappa shape index (κ3) is 9.57. The van der Waals surface area contributed by atoms with Crippen LogP contribution in [-0.4, -0.2) is 77.7 Å². The van der Waals surface area contributed by atoms with E-state index < -0.39 is 24.5 Å². The van der Waals surface area contributed by atoms with Gasteiger partial charge in [-0.15, -0.1) is 0 Å². The fourth-order valence-corrected chi connectivity index (χ4v) is 6.65. The molecule has 3 aromatic carbocycles. The molecule has 3 aromatic rings. The number of amides is 2. The highest BCUT2D eigenvalue weighted by Gasteiger charge is 2.43. The maximum absolute atomic E-state index is 14.8. The number of aliphatic hydroxyl groups excluding tert-OH is 1. The Morgan fingerprint density at radius 2 is 1.54 bits per heavy atom. The maximum atomic E-state index is 14.8. The van der Waals surface area contributed by atoms with Crippen LogP contribution in [0.25, 0.3) is 5.57 Å². The number of halogens is 4. The van der Waals surface area contributed by atoms with Crippen LogP contribution in [0.1, 0.15) is 51.2 Å². The quantitative estimate of drug-likeness (QED) is 0.137. The lowest BCUT2D eigenvalue weighted by atomic mass is 9.87. The van der Waals surface area contributed by atoms with Crippen molar-refractivity contribution >= 4 is 64.0 Å². The van der Waals surface area contributed by atoms with Gasteiger partial charge in [0, 0.05) is 24.7 Å². The monoisotopic (exact) mass is 764 g/mol. The molecule has 0 spiro atoms. The third-order valence-electron chi connectivity index (χ3n) is 8.20. The Morgan fingerprint density at radius 3 is 2.18 bits per heavy atom. The average molecular weight is 767 g/mol. The van der Waals surface area contributed by atoms with E-state index in [1.165, 1.54) is 4.90 Å². The minimum atomic E-state index is -0.839. The van der Waals surface area contributed by atoms with Gasteiger partial charge in [-0.2, -0.15) is 0 Å². The van der Waals surface area contributed by atoms with Crippen molar-refractivity contribution < 1.29 is 33.6 Å². The van der Waals surface area contributed by atoms with Crippen LogP contribution in [0, 0.1) is 0 Å². The van der Waals surface area contributed by atoms with Crippen LogP contribution in [0.15, 0.2) is 66.2 Å². The predicted molar refractivity (Wildman–Crippen MR) is 195 cm³/mol. The molecule has 50 heavy (non-hydrogen) atoms. The highest BCUT2D eigenvalue weighted by atomic mass is 35.5. The van der Waals surface area contributed by atoms with Crippen molar-refractivity contribution in [1.82, 2.24) is 9.80 Å². The fourth-order valence-electron chi connectivity index (χ4n) is 5.77. The topological polar surface area (TPSA) is 97.8 Å². The Kier molecular flexibility index (Phi) is 12.9. The van der Waals surface area contributed by atoms with Crippen molar-refractivity contribution in [2.24, 2.45) is 0 Å². The number of aliphatic hydroxyl groups is 1. The van der Waals surface area contributed by atoms with Gasteiger partial charge < -0.3 is 29.0 Å². The highest BCUT2D eigenvalue weighted by Crippen LogP contribution is 2.39. The van der Waals surface area contributed by atoms with Gasteiger partial charge in [-0.25, -0.2) is 4.79 Å². The smallest absolute Gasteiger partial charge is 0.410 e. The van der Waals surface area contributed by atoms with E-state index in [0.717, 1.165) is 24.0 Å². The summed E-state index contributed by atoms with van der Waals surface area (Å²) in [7, 11) is 0. The number of rotatable bonds is 13. The van der Waals surface area contributed by atoms with E-state index in [9.17, 15) is 14.7 Å². The summed E-state index contributed by atoms with van der Waals surface area (Å²) in [5.74, 6) is 0.737. The van der Waals surface area contributed by atoms with Crippen molar-refractivity contribution in [2.75, 3.05) is 33.2 Å². The molecule has 0 aromatic heterocycles. The van der Waals surface area contributed by atoms with Gasteiger partial charge in [-0.05, 0) is 87.1 Å². The number of nitrogens with zero attached hydrogens (tertiary/aromatic N) is 2. The van der Waals surface area contributed by atoms with E-state index in [1.54, 1.807) is 56.0 Å². The summed E-state index contributed by atoms with van der Waals surface area (Å²) in [4.78, 5) is 31.7. The number of benzene rings is 3. The summed E-state index contributed by atoms with van der Waals surface area (Å²) in [6, 6.07) is 17.0. The first-order valence-electron chi connectivity index (χ1n) is 16.3. The van der Waals surface area contributed by atoms with Crippen LogP contribution in [-0.2, 0) is 20.8 Å². The van der Waals surface area contributed by atoms with Crippen molar-refractivity contribution in [1.29, 1.82) is 0 Å². The summed E-state index contributed by atoms with van der Waals surface area (Å²) in [6.07, 6.45) is 1.46. The first kappa shape index (κ1) is 38.1. The SMILES string of the molecule is CC(C)(C)OC(=O)N1CCC(c2ccc(OCCOc3c(Cl)cccc3Cl)cc2)=C(C(=O)N(Cc2cccc(Cl)c2Cl)C2CC2)[C@H]1COCO. The molecule has 268 valence electrons. The molecule has 1 atom stereocenters. The first-order valence-corrected chi connectivity index (χ1v) is 17.8. The molecule has 1 heterocycles. The molecule has 2 amide bonds. The van der Waals surface area contributed by atoms with E-state index in [0.29, 0.717) is 49.1 Å². The van der Waals surface area contributed by atoms with Crippen molar-refractivity contribution in [2.45, 2.75) is 64.3 Å².